The Labute approximate surface area is 162 Å². The minimum absolute atomic E-state index is 0.0163. The Morgan fingerprint density at radius 1 is 1.07 bits per heavy atom. The van der Waals surface area contributed by atoms with Gasteiger partial charge in [-0.25, -0.2) is 4.79 Å². The molecule has 3 rings (SSSR count). The smallest absolute Gasteiger partial charge is 0.400 e. The molecule has 0 amide bonds. The second-order valence-corrected chi connectivity index (χ2v) is 5.88. The highest BCUT2D eigenvalue weighted by molar-refractivity contribution is 5.97. The van der Waals surface area contributed by atoms with Crippen molar-refractivity contribution in [2.75, 3.05) is 0 Å². The summed E-state index contributed by atoms with van der Waals surface area (Å²) in [5, 5.41) is 3.65. The molecule has 0 unspecified atom stereocenters. The number of para-hydroxylation sites is 1. The molecule has 0 aliphatic rings. The van der Waals surface area contributed by atoms with Crippen molar-refractivity contribution in [3.05, 3.63) is 102 Å². The number of rotatable bonds is 8. The molecule has 28 heavy (non-hydrogen) atoms. The molecule has 0 aliphatic heterocycles. The van der Waals surface area contributed by atoms with Crippen LogP contribution in [0.4, 0.5) is 0 Å². The molecule has 2 aromatic carbocycles. The normalized spacial score (nSPS) is 11.1. The van der Waals surface area contributed by atoms with Gasteiger partial charge < -0.3 is 19.7 Å². The molecule has 0 aliphatic carbocycles. The van der Waals surface area contributed by atoms with Crippen LogP contribution < -0.4 is 10.5 Å². The summed E-state index contributed by atoms with van der Waals surface area (Å²) in [6.07, 6.45) is 2.51. The third-order valence-electron chi connectivity index (χ3n) is 3.87. The molecule has 1 heterocycles. The zero-order chi connectivity index (χ0) is 19.8. The van der Waals surface area contributed by atoms with Crippen LogP contribution >= 0.6 is 0 Å². The molecule has 6 nitrogen and oxygen atoms in total. The third-order valence-corrected chi connectivity index (χ3v) is 3.87. The summed E-state index contributed by atoms with van der Waals surface area (Å²) in [6, 6.07) is 19.8. The fourth-order valence-electron chi connectivity index (χ4n) is 2.48. The number of furan rings is 1. The van der Waals surface area contributed by atoms with Crippen LogP contribution in [0.1, 0.15) is 27.4 Å². The van der Waals surface area contributed by atoms with Crippen molar-refractivity contribution in [1.29, 1.82) is 0 Å². The molecule has 142 valence electrons. The van der Waals surface area contributed by atoms with E-state index in [4.69, 9.17) is 19.7 Å². The highest BCUT2D eigenvalue weighted by atomic mass is 16.7. The van der Waals surface area contributed by atoms with Crippen molar-refractivity contribution in [3.63, 3.8) is 0 Å². The van der Waals surface area contributed by atoms with E-state index in [1.165, 1.54) is 6.07 Å². The van der Waals surface area contributed by atoms with Crippen LogP contribution in [0.3, 0.4) is 0 Å². The third kappa shape index (κ3) is 4.88. The standard InChI is InChI=1S/C22H20N2O4/c1-2-8-16-9-6-7-12-19(16)26-15-18-13-14-20(27-18)22(25)28-24-21(23)17-10-4-3-5-11-17/h2-7,9-14H,1,8,15H2,(H2,23,24). The molecule has 0 fully saturated rings. The number of oxime groups is 1. The largest absolute Gasteiger partial charge is 0.485 e. The zero-order valence-corrected chi connectivity index (χ0v) is 15.2. The van der Waals surface area contributed by atoms with E-state index in [0.29, 0.717) is 17.7 Å². The first-order valence-electron chi connectivity index (χ1n) is 8.68. The Balaban J connectivity index is 1.59. The molecular formula is C22H20N2O4. The van der Waals surface area contributed by atoms with Gasteiger partial charge in [0.05, 0.1) is 0 Å². The highest BCUT2D eigenvalue weighted by Crippen LogP contribution is 2.21. The van der Waals surface area contributed by atoms with Gasteiger partial charge in [-0.2, -0.15) is 0 Å². The molecule has 3 aromatic rings. The van der Waals surface area contributed by atoms with Crippen LogP contribution in [0.2, 0.25) is 0 Å². The Hall–Kier alpha value is -3.80. The van der Waals surface area contributed by atoms with Gasteiger partial charge in [0.25, 0.3) is 0 Å². The van der Waals surface area contributed by atoms with E-state index in [1.54, 1.807) is 18.2 Å². The number of nitrogens with zero attached hydrogens (tertiary/aromatic N) is 1. The van der Waals surface area contributed by atoms with Crippen molar-refractivity contribution in [3.8, 4) is 5.75 Å². The summed E-state index contributed by atoms with van der Waals surface area (Å²) in [6.45, 7) is 3.92. The van der Waals surface area contributed by atoms with Crippen molar-refractivity contribution in [2.45, 2.75) is 13.0 Å². The molecule has 0 radical (unpaired) electrons. The van der Waals surface area contributed by atoms with Crippen LogP contribution in [-0.2, 0) is 17.9 Å². The SMILES string of the molecule is C=CCc1ccccc1OCc1ccc(C(=O)O/N=C(\N)c2ccccc2)o1. The van der Waals surface area contributed by atoms with Crippen LogP contribution in [-0.4, -0.2) is 11.8 Å². The first kappa shape index (κ1) is 19.0. The lowest BCUT2D eigenvalue weighted by Gasteiger charge is -2.08. The summed E-state index contributed by atoms with van der Waals surface area (Å²) in [7, 11) is 0. The van der Waals surface area contributed by atoms with Gasteiger partial charge in [0, 0.05) is 5.56 Å². The molecular weight excluding hydrogens is 356 g/mol. The lowest BCUT2D eigenvalue weighted by Crippen LogP contribution is -2.15. The Bertz CT molecular complexity index is 977. The summed E-state index contributed by atoms with van der Waals surface area (Å²) in [5.74, 6) is 0.603. The van der Waals surface area contributed by atoms with Crippen LogP contribution in [0, 0.1) is 0 Å². The van der Waals surface area contributed by atoms with Gasteiger partial charge in [0.15, 0.2) is 5.84 Å². The lowest BCUT2D eigenvalue weighted by molar-refractivity contribution is 0.0475. The van der Waals surface area contributed by atoms with E-state index in [1.807, 2.05) is 48.5 Å². The Morgan fingerprint density at radius 3 is 2.61 bits per heavy atom. The van der Waals surface area contributed by atoms with Crippen molar-refractivity contribution < 1.29 is 18.8 Å². The maximum absolute atomic E-state index is 12.1. The number of ether oxygens (including phenoxy) is 1. The van der Waals surface area contributed by atoms with E-state index in [2.05, 4.69) is 11.7 Å². The minimum Gasteiger partial charge on any atom is -0.485 e. The number of hydrogen-bond donors (Lipinski definition) is 1. The van der Waals surface area contributed by atoms with E-state index < -0.39 is 5.97 Å². The quantitative estimate of drug-likeness (QED) is 0.211. The fourth-order valence-corrected chi connectivity index (χ4v) is 2.48. The molecule has 0 atom stereocenters. The zero-order valence-electron chi connectivity index (χ0n) is 15.2. The summed E-state index contributed by atoms with van der Waals surface area (Å²) in [5.41, 5.74) is 7.47. The number of carbonyl (C=O) groups is 1. The molecule has 0 bridgehead atoms. The average molecular weight is 376 g/mol. The van der Waals surface area contributed by atoms with Crippen molar-refractivity contribution >= 4 is 11.8 Å². The monoisotopic (exact) mass is 376 g/mol. The van der Waals surface area contributed by atoms with Gasteiger partial charge in [0.2, 0.25) is 5.76 Å². The molecule has 2 N–H and O–H groups in total. The van der Waals surface area contributed by atoms with Gasteiger partial charge in [-0.05, 0) is 30.2 Å². The van der Waals surface area contributed by atoms with Crippen LogP contribution in [0.5, 0.6) is 5.75 Å². The van der Waals surface area contributed by atoms with E-state index >= 15 is 0 Å². The van der Waals surface area contributed by atoms with Crippen molar-refractivity contribution in [2.24, 2.45) is 10.9 Å². The number of nitrogens with two attached hydrogens (primary N) is 1. The first-order valence-corrected chi connectivity index (χ1v) is 8.68. The highest BCUT2D eigenvalue weighted by Gasteiger charge is 2.14. The van der Waals surface area contributed by atoms with Crippen molar-refractivity contribution in [1.82, 2.24) is 0 Å². The fraction of sp³-hybridized carbons (Fsp3) is 0.0909. The van der Waals surface area contributed by atoms with Gasteiger partial charge in [-0.15, -0.1) is 6.58 Å². The van der Waals surface area contributed by atoms with Crippen LogP contribution in [0.25, 0.3) is 0 Å². The minimum atomic E-state index is -0.739. The van der Waals surface area contributed by atoms with E-state index in [0.717, 1.165) is 11.3 Å². The number of carbonyl (C=O) groups excluding carboxylic acids is 1. The van der Waals surface area contributed by atoms with Gasteiger partial charge >= 0.3 is 5.97 Å². The molecule has 0 saturated carbocycles. The first-order chi connectivity index (χ1) is 13.7. The topological polar surface area (TPSA) is 87.0 Å². The number of allylic oxidation sites excluding steroid dienone is 1. The summed E-state index contributed by atoms with van der Waals surface area (Å²) < 4.78 is 11.3. The van der Waals surface area contributed by atoms with Gasteiger partial charge in [0.1, 0.15) is 18.1 Å². The molecule has 1 aromatic heterocycles. The summed E-state index contributed by atoms with van der Waals surface area (Å²) >= 11 is 0. The Kier molecular flexibility index (Phi) is 6.25. The average Bonchev–Trinajstić information content (AvgIpc) is 3.21. The maximum Gasteiger partial charge on any atom is 0.400 e. The number of benzene rings is 2. The second kappa shape index (κ2) is 9.23. The molecule has 6 heteroatoms. The molecule has 0 saturated heterocycles. The van der Waals surface area contributed by atoms with E-state index in [9.17, 15) is 4.79 Å². The van der Waals surface area contributed by atoms with Crippen LogP contribution in [0.15, 0.2) is 89.0 Å². The predicted octanol–water partition coefficient (Wildman–Crippen LogP) is 4.06. The maximum atomic E-state index is 12.1. The van der Waals surface area contributed by atoms with Gasteiger partial charge in [-0.3, -0.25) is 0 Å². The number of amidine groups is 1. The Morgan fingerprint density at radius 2 is 1.82 bits per heavy atom. The van der Waals surface area contributed by atoms with E-state index in [-0.39, 0.29) is 18.2 Å². The predicted molar refractivity (Wildman–Crippen MR) is 106 cm³/mol. The number of hydrogen-bond acceptors (Lipinski definition) is 5. The summed E-state index contributed by atoms with van der Waals surface area (Å²) in [4.78, 5) is 16.9. The second-order valence-electron chi connectivity index (χ2n) is 5.88. The van der Waals surface area contributed by atoms with Gasteiger partial charge in [-0.1, -0.05) is 59.8 Å². The molecule has 0 spiro atoms. The lowest BCUT2D eigenvalue weighted by atomic mass is 10.1.